The van der Waals surface area contributed by atoms with Crippen LogP contribution in [-0.2, 0) is 11.2 Å². The predicted octanol–water partition coefficient (Wildman–Crippen LogP) is 3.61. The normalized spacial score (nSPS) is 23.9. The van der Waals surface area contributed by atoms with Crippen molar-refractivity contribution in [3.8, 4) is 0 Å². The molecule has 1 aromatic rings. The molecule has 0 heterocycles. The number of Topliss-reactive ketones (excluding diaryl/α,β-unsaturated/α-hetero) is 1. The smallest absolute Gasteiger partial charge is 0.141 e. The number of carbonyl (C=O) groups excluding carboxylic acids is 1. The zero-order chi connectivity index (χ0) is 13.8. The Morgan fingerprint density at radius 3 is 2.79 bits per heavy atom. The number of hydrogen-bond donors (Lipinski definition) is 1. The Bertz CT molecular complexity index is 463. The van der Waals surface area contributed by atoms with Gasteiger partial charge in [-0.3, -0.25) is 4.79 Å². The number of benzene rings is 1. The molecule has 104 valence electrons. The maximum Gasteiger partial charge on any atom is 0.141 e. The molecule has 2 atom stereocenters. The van der Waals surface area contributed by atoms with Gasteiger partial charge in [-0.2, -0.15) is 0 Å². The van der Waals surface area contributed by atoms with Gasteiger partial charge >= 0.3 is 0 Å². The quantitative estimate of drug-likeness (QED) is 0.862. The van der Waals surface area contributed by atoms with Gasteiger partial charge in [0.1, 0.15) is 11.6 Å². The van der Waals surface area contributed by atoms with E-state index in [0.29, 0.717) is 10.9 Å². The Kier molecular flexibility index (Phi) is 5.11. The second-order valence-corrected chi connectivity index (χ2v) is 6.14. The van der Waals surface area contributed by atoms with E-state index in [9.17, 15) is 9.18 Å². The first-order valence-corrected chi connectivity index (χ1v) is 7.59. The van der Waals surface area contributed by atoms with Gasteiger partial charge < -0.3 is 5.73 Å². The molecule has 0 aliphatic heterocycles. The first kappa shape index (κ1) is 14.7. The molecule has 2 N–H and O–H groups in total. The number of nitrogens with two attached hydrogens (primary N) is 1. The minimum atomic E-state index is -0.297. The third-order valence-electron chi connectivity index (χ3n) is 3.86. The molecule has 19 heavy (non-hydrogen) atoms. The van der Waals surface area contributed by atoms with Crippen LogP contribution in [-0.4, -0.2) is 11.8 Å². The molecule has 1 fully saturated rings. The van der Waals surface area contributed by atoms with E-state index in [-0.39, 0.29) is 23.6 Å². The van der Waals surface area contributed by atoms with Crippen LogP contribution in [0.15, 0.2) is 22.7 Å². The highest BCUT2D eigenvalue weighted by Gasteiger charge is 2.27. The maximum absolute atomic E-state index is 13.0. The second-order valence-electron chi connectivity index (χ2n) is 5.29. The lowest BCUT2D eigenvalue weighted by atomic mass is 9.88. The van der Waals surface area contributed by atoms with Gasteiger partial charge in [-0.25, -0.2) is 4.39 Å². The molecule has 1 aromatic carbocycles. The van der Waals surface area contributed by atoms with Crippen molar-refractivity contribution in [3.63, 3.8) is 0 Å². The molecular weight excluding hydrogens is 309 g/mol. The summed E-state index contributed by atoms with van der Waals surface area (Å²) in [4.78, 5) is 12.4. The second kappa shape index (κ2) is 6.62. The summed E-state index contributed by atoms with van der Waals surface area (Å²) in [6.45, 7) is 0. The average Bonchev–Trinajstić information content (AvgIpc) is 2.57. The fourth-order valence-electron chi connectivity index (χ4n) is 2.72. The molecule has 1 aliphatic carbocycles. The molecule has 0 saturated heterocycles. The summed E-state index contributed by atoms with van der Waals surface area (Å²) in [6, 6.07) is 4.43. The molecular formula is C15H19BrFNO. The first-order valence-electron chi connectivity index (χ1n) is 6.80. The third-order valence-corrected chi connectivity index (χ3v) is 4.60. The first-order chi connectivity index (χ1) is 9.08. The van der Waals surface area contributed by atoms with Gasteiger partial charge in [0.05, 0.1) is 0 Å². The third kappa shape index (κ3) is 3.86. The fourth-order valence-corrected chi connectivity index (χ4v) is 3.21. The van der Waals surface area contributed by atoms with Gasteiger partial charge in [-0.05, 0) is 30.5 Å². The summed E-state index contributed by atoms with van der Waals surface area (Å²) in [6.07, 6.45) is 5.51. The maximum atomic E-state index is 13.0. The van der Waals surface area contributed by atoms with E-state index in [4.69, 9.17) is 5.73 Å². The fraction of sp³-hybridized carbons (Fsp3) is 0.533. The molecule has 0 radical (unpaired) electrons. The highest BCUT2D eigenvalue weighted by Crippen LogP contribution is 2.26. The van der Waals surface area contributed by atoms with Crippen LogP contribution >= 0.6 is 15.9 Å². The van der Waals surface area contributed by atoms with Crippen LogP contribution < -0.4 is 5.73 Å². The van der Waals surface area contributed by atoms with Gasteiger partial charge in [0.2, 0.25) is 0 Å². The van der Waals surface area contributed by atoms with Gasteiger partial charge in [0.15, 0.2) is 0 Å². The largest absolute Gasteiger partial charge is 0.327 e. The summed E-state index contributed by atoms with van der Waals surface area (Å²) in [5, 5.41) is 0. The highest BCUT2D eigenvalue weighted by atomic mass is 79.9. The zero-order valence-corrected chi connectivity index (χ0v) is 12.5. The van der Waals surface area contributed by atoms with E-state index in [1.807, 2.05) is 0 Å². The van der Waals surface area contributed by atoms with E-state index in [1.54, 1.807) is 6.07 Å². The van der Waals surface area contributed by atoms with Crippen molar-refractivity contribution in [3.05, 3.63) is 34.1 Å². The van der Waals surface area contributed by atoms with Gasteiger partial charge in [-0.1, -0.05) is 41.3 Å². The van der Waals surface area contributed by atoms with Crippen LogP contribution in [0.1, 0.15) is 37.7 Å². The number of carbonyl (C=O) groups is 1. The Balaban J connectivity index is 2.07. The lowest BCUT2D eigenvalue weighted by molar-refractivity contribution is -0.123. The molecule has 0 spiro atoms. The predicted molar refractivity (Wildman–Crippen MR) is 77.4 cm³/mol. The summed E-state index contributed by atoms with van der Waals surface area (Å²) < 4.78 is 13.7. The number of ketones is 1. The van der Waals surface area contributed by atoms with Crippen molar-refractivity contribution >= 4 is 21.7 Å². The van der Waals surface area contributed by atoms with Gasteiger partial charge in [-0.15, -0.1) is 0 Å². The molecule has 1 aliphatic rings. The number of halogens is 2. The molecule has 4 heteroatoms. The van der Waals surface area contributed by atoms with E-state index in [0.717, 1.165) is 37.7 Å². The molecule has 0 bridgehead atoms. The lowest BCUT2D eigenvalue weighted by Crippen LogP contribution is -2.35. The summed E-state index contributed by atoms with van der Waals surface area (Å²) in [5.41, 5.74) is 6.94. The van der Waals surface area contributed by atoms with E-state index < -0.39 is 0 Å². The van der Waals surface area contributed by atoms with Crippen LogP contribution in [0.2, 0.25) is 0 Å². The summed E-state index contributed by atoms with van der Waals surface area (Å²) in [7, 11) is 0. The van der Waals surface area contributed by atoms with Crippen molar-refractivity contribution in [2.24, 2.45) is 11.7 Å². The van der Waals surface area contributed by atoms with Gasteiger partial charge in [0, 0.05) is 22.9 Å². The van der Waals surface area contributed by atoms with Crippen LogP contribution in [0.3, 0.4) is 0 Å². The average molecular weight is 328 g/mol. The van der Waals surface area contributed by atoms with Crippen molar-refractivity contribution in [1.29, 1.82) is 0 Å². The standard InChI is InChI=1S/C15H19BrFNO/c16-13-9-11(17)7-6-10(13)8-15(19)12-4-2-1-3-5-14(12)18/h6-7,9,12,14H,1-5,8,18H2. The summed E-state index contributed by atoms with van der Waals surface area (Å²) in [5.74, 6) is -0.157. The number of rotatable bonds is 3. The molecule has 0 amide bonds. The van der Waals surface area contributed by atoms with Gasteiger partial charge in [0.25, 0.3) is 0 Å². The molecule has 2 nitrogen and oxygen atoms in total. The Hall–Kier alpha value is -0.740. The van der Waals surface area contributed by atoms with Crippen molar-refractivity contribution in [1.82, 2.24) is 0 Å². The van der Waals surface area contributed by atoms with E-state index in [2.05, 4.69) is 15.9 Å². The highest BCUT2D eigenvalue weighted by molar-refractivity contribution is 9.10. The SMILES string of the molecule is NC1CCCCCC1C(=O)Cc1ccc(F)cc1Br. The topological polar surface area (TPSA) is 43.1 Å². The van der Waals surface area contributed by atoms with Crippen molar-refractivity contribution in [2.45, 2.75) is 44.6 Å². The molecule has 2 rings (SSSR count). The van der Waals surface area contributed by atoms with Crippen LogP contribution in [0.4, 0.5) is 4.39 Å². The Morgan fingerprint density at radius 1 is 1.32 bits per heavy atom. The molecule has 1 saturated carbocycles. The van der Waals surface area contributed by atoms with Crippen molar-refractivity contribution in [2.75, 3.05) is 0 Å². The minimum absolute atomic E-state index is 0.0192. The van der Waals surface area contributed by atoms with E-state index >= 15 is 0 Å². The van der Waals surface area contributed by atoms with Crippen LogP contribution in [0.25, 0.3) is 0 Å². The lowest BCUT2D eigenvalue weighted by Gasteiger charge is -2.20. The zero-order valence-electron chi connectivity index (χ0n) is 10.9. The van der Waals surface area contributed by atoms with E-state index in [1.165, 1.54) is 12.1 Å². The van der Waals surface area contributed by atoms with Crippen molar-refractivity contribution < 1.29 is 9.18 Å². The van der Waals surface area contributed by atoms with Crippen LogP contribution in [0, 0.1) is 11.7 Å². The Labute approximate surface area is 121 Å². The minimum Gasteiger partial charge on any atom is -0.327 e. The summed E-state index contributed by atoms with van der Waals surface area (Å²) >= 11 is 3.31. The molecule has 0 aromatic heterocycles. The Morgan fingerprint density at radius 2 is 2.05 bits per heavy atom. The molecule has 2 unspecified atom stereocenters. The number of hydrogen-bond acceptors (Lipinski definition) is 2. The monoisotopic (exact) mass is 327 g/mol. The van der Waals surface area contributed by atoms with Crippen LogP contribution in [0.5, 0.6) is 0 Å².